The van der Waals surface area contributed by atoms with Crippen LogP contribution in [-0.4, -0.2) is 30.2 Å². The predicted molar refractivity (Wildman–Crippen MR) is 119 cm³/mol. The van der Waals surface area contributed by atoms with Crippen molar-refractivity contribution < 1.29 is 13.2 Å². The Kier molecular flexibility index (Phi) is 7.60. The van der Waals surface area contributed by atoms with Crippen molar-refractivity contribution in [1.29, 1.82) is 0 Å². The number of nitrogens with zero attached hydrogens (tertiary/aromatic N) is 2. The Hall–Kier alpha value is -2.26. The number of pyridine rings is 1. The fourth-order valence-electron chi connectivity index (χ4n) is 2.72. The number of sulfonamides is 1. The molecule has 3 rings (SSSR count). The molecule has 0 aliphatic heterocycles. The lowest BCUT2D eigenvalue weighted by atomic mass is 10.2. The van der Waals surface area contributed by atoms with E-state index in [1.54, 1.807) is 54.9 Å². The second kappa shape index (κ2) is 10.2. The molecule has 0 bridgehead atoms. The number of carbonyl (C=O) groups is 1. The van der Waals surface area contributed by atoms with Crippen LogP contribution < -0.4 is 5.32 Å². The quantitative estimate of drug-likeness (QED) is 0.499. The van der Waals surface area contributed by atoms with Gasteiger partial charge in [-0.05, 0) is 47.5 Å². The Morgan fingerprint density at radius 1 is 1.07 bits per heavy atom. The Morgan fingerprint density at radius 3 is 2.47 bits per heavy atom. The molecule has 30 heavy (non-hydrogen) atoms. The molecular formula is C21H19BrClN3O3S. The van der Waals surface area contributed by atoms with Gasteiger partial charge in [-0.25, -0.2) is 8.42 Å². The van der Waals surface area contributed by atoms with Gasteiger partial charge in [0, 0.05) is 35.0 Å². The second-order valence-corrected chi connectivity index (χ2v) is 9.72. The standard InChI is InChI=1S/C21H19BrClN3O3S/c22-18-7-9-19(10-8-18)30(28,29)26(14-17-5-1-2-6-20(17)23)15-21(27)25-13-16-4-3-11-24-12-16/h1-12H,13-15H2,(H,25,27). The molecular weight excluding hydrogens is 490 g/mol. The number of amides is 1. The van der Waals surface area contributed by atoms with Crippen LogP contribution >= 0.6 is 27.5 Å². The fraction of sp³-hybridized carbons (Fsp3) is 0.143. The average molecular weight is 509 g/mol. The van der Waals surface area contributed by atoms with Crippen molar-refractivity contribution in [2.24, 2.45) is 0 Å². The minimum Gasteiger partial charge on any atom is -0.351 e. The molecule has 9 heteroatoms. The summed E-state index contributed by atoms with van der Waals surface area (Å²) in [7, 11) is -3.93. The zero-order valence-corrected chi connectivity index (χ0v) is 19.0. The average Bonchev–Trinajstić information content (AvgIpc) is 2.74. The highest BCUT2D eigenvalue weighted by Gasteiger charge is 2.27. The monoisotopic (exact) mass is 507 g/mol. The van der Waals surface area contributed by atoms with E-state index in [4.69, 9.17) is 11.6 Å². The number of hydrogen-bond donors (Lipinski definition) is 1. The molecule has 0 atom stereocenters. The normalized spacial score (nSPS) is 11.4. The first-order chi connectivity index (χ1) is 14.4. The second-order valence-electron chi connectivity index (χ2n) is 6.46. The van der Waals surface area contributed by atoms with Crippen molar-refractivity contribution in [3.63, 3.8) is 0 Å². The molecule has 0 saturated carbocycles. The summed E-state index contributed by atoms with van der Waals surface area (Å²) in [5, 5.41) is 3.17. The number of halogens is 2. The maximum Gasteiger partial charge on any atom is 0.243 e. The van der Waals surface area contributed by atoms with Gasteiger partial charge in [-0.1, -0.05) is 51.8 Å². The molecule has 0 aliphatic carbocycles. The first-order valence-corrected chi connectivity index (χ1v) is 11.6. The van der Waals surface area contributed by atoms with E-state index >= 15 is 0 Å². The zero-order valence-electron chi connectivity index (χ0n) is 15.8. The molecule has 0 radical (unpaired) electrons. The lowest BCUT2D eigenvalue weighted by molar-refractivity contribution is -0.121. The van der Waals surface area contributed by atoms with Crippen molar-refractivity contribution in [3.05, 3.63) is 93.7 Å². The number of hydrogen-bond acceptors (Lipinski definition) is 4. The number of rotatable bonds is 8. The third-order valence-corrected chi connectivity index (χ3v) is 6.99. The fourth-order valence-corrected chi connectivity index (χ4v) is 4.55. The van der Waals surface area contributed by atoms with Crippen LogP contribution in [0.1, 0.15) is 11.1 Å². The van der Waals surface area contributed by atoms with Crippen molar-refractivity contribution in [2.75, 3.05) is 6.54 Å². The van der Waals surface area contributed by atoms with Crippen LogP contribution in [0.5, 0.6) is 0 Å². The molecule has 1 N–H and O–H groups in total. The van der Waals surface area contributed by atoms with Gasteiger partial charge in [0.1, 0.15) is 0 Å². The Bertz CT molecular complexity index is 1110. The predicted octanol–water partition coefficient (Wildman–Crippen LogP) is 4.00. The van der Waals surface area contributed by atoms with Gasteiger partial charge in [0.05, 0.1) is 11.4 Å². The van der Waals surface area contributed by atoms with Crippen LogP contribution in [0.4, 0.5) is 0 Å². The minimum atomic E-state index is -3.93. The number of benzene rings is 2. The summed E-state index contributed by atoms with van der Waals surface area (Å²) < 4.78 is 28.4. The Morgan fingerprint density at radius 2 is 1.80 bits per heavy atom. The number of nitrogens with one attached hydrogen (secondary N) is 1. The van der Waals surface area contributed by atoms with Gasteiger partial charge in [-0.15, -0.1) is 0 Å². The highest BCUT2D eigenvalue weighted by atomic mass is 79.9. The van der Waals surface area contributed by atoms with E-state index in [2.05, 4.69) is 26.2 Å². The Balaban J connectivity index is 1.82. The van der Waals surface area contributed by atoms with Crippen LogP contribution in [0.3, 0.4) is 0 Å². The van der Waals surface area contributed by atoms with E-state index in [0.717, 1.165) is 14.3 Å². The largest absolute Gasteiger partial charge is 0.351 e. The number of carbonyl (C=O) groups excluding carboxylic acids is 1. The Labute approximate surface area is 189 Å². The zero-order chi connectivity index (χ0) is 21.6. The maximum absolute atomic E-state index is 13.2. The van der Waals surface area contributed by atoms with Gasteiger partial charge in [-0.2, -0.15) is 4.31 Å². The van der Waals surface area contributed by atoms with E-state index < -0.39 is 15.9 Å². The maximum atomic E-state index is 13.2. The lowest BCUT2D eigenvalue weighted by Gasteiger charge is -2.22. The SMILES string of the molecule is O=C(CN(Cc1ccccc1Cl)S(=O)(=O)c1ccc(Br)cc1)NCc1cccnc1. The van der Waals surface area contributed by atoms with E-state index in [0.29, 0.717) is 10.6 Å². The third-order valence-electron chi connectivity index (χ3n) is 4.29. The summed E-state index contributed by atoms with van der Waals surface area (Å²) in [5.74, 6) is -0.424. The smallest absolute Gasteiger partial charge is 0.243 e. The van der Waals surface area contributed by atoms with E-state index in [-0.39, 0.29) is 24.5 Å². The van der Waals surface area contributed by atoms with Crippen LogP contribution in [0.15, 0.2) is 82.4 Å². The molecule has 6 nitrogen and oxygen atoms in total. The van der Waals surface area contributed by atoms with Crippen molar-refractivity contribution in [2.45, 2.75) is 18.0 Å². The lowest BCUT2D eigenvalue weighted by Crippen LogP contribution is -2.40. The van der Waals surface area contributed by atoms with Gasteiger partial charge in [-0.3, -0.25) is 9.78 Å². The van der Waals surface area contributed by atoms with E-state index in [1.807, 2.05) is 6.07 Å². The molecule has 0 fully saturated rings. The van der Waals surface area contributed by atoms with E-state index in [1.165, 1.54) is 12.1 Å². The van der Waals surface area contributed by atoms with Gasteiger partial charge in [0.15, 0.2) is 0 Å². The molecule has 3 aromatic rings. The van der Waals surface area contributed by atoms with E-state index in [9.17, 15) is 13.2 Å². The molecule has 1 amide bonds. The van der Waals surface area contributed by atoms with Gasteiger partial charge >= 0.3 is 0 Å². The van der Waals surface area contributed by atoms with Gasteiger partial charge in [0.2, 0.25) is 15.9 Å². The van der Waals surface area contributed by atoms with Gasteiger partial charge in [0.25, 0.3) is 0 Å². The highest BCUT2D eigenvalue weighted by molar-refractivity contribution is 9.10. The molecule has 0 unspecified atom stereocenters. The molecule has 1 heterocycles. The topological polar surface area (TPSA) is 79.4 Å². The molecule has 0 aliphatic rings. The minimum absolute atomic E-state index is 0.0294. The first-order valence-electron chi connectivity index (χ1n) is 9.01. The molecule has 1 aromatic heterocycles. The molecule has 156 valence electrons. The van der Waals surface area contributed by atoms with Gasteiger partial charge < -0.3 is 5.32 Å². The van der Waals surface area contributed by atoms with Crippen LogP contribution in [-0.2, 0) is 27.9 Å². The summed E-state index contributed by atoms with van der Waals surface area (Å²) in [6.45, 7) is -0.118. The highest BCUT2D eigenvalue weighted by Crippen LogP contribution is 2.23. The summed E-state index contributed by atoms with van der Waals surface area (Å²) in [4.78, 5) is 16.7. The summed E-state index contributed by atoms with van der Waals surface area (Å²) in [6, 6.07) is 16.8. The van der Waals surface area contributed by atoms with Crippen molar-refractivity contribution >= 4 is 43.5 Å². The first kappa shape index (κ1) is 22.4. The molecule has 2 aromatic carbocycles. The summed E-state index contributed by atoms with van der Waals surface area (Å²) >= 11 is 9.53. The molecule has 0 spiro atoms. The van der Waals surface area contributed by atoms with Crippen LogP contribution in [0.2, 0.25) is 5.02 Å². The van der Waals surface area contributed by atoms with Crippen LogP contribution in [0.25, 0.3) is 0 Å². The third kappa shape index (κ3) is 5.89. The van der Waals surface area contributed by atoms with Crippen molar-refractivity contribution in [1.82, 2.24) is 14.6 Å². The van der Waals surface area contributed by atoms with Crippen LogP contribution in [0, 0.1) is 0 Å². The van der Waals surface area contributed by atoms with Crippen molar-refractivity contribution in [3.8, 4) is 0 Å². The number of aromatic nitrogens is 1. The summed E-state index contributed by atoms with van der Waals surface area (Å²) in [5.41, 5.74) is 1.43. The molecule has 0 saturated heterocycles. The summed E-state index contributed by atoms with van der Waals surface area (Å²) in [6.07, 6.45) is 3.28.